The van der Waals surface area contributed by atoms with Gasteiger partial charge in [-0.1, -0.05) is 11.8 Å². The fourth-order valence-corrected chi connectivity index (χ4v) is 2.99. The molecule has 2 heterocycles. The van der Waals surface area contributed by atoms with E-state index in [-0.39, 0.29) is 35.7 Å². The Morgan fingerprint density at radius 3 is 2.64 bits per heavy atom. The topological polar surface area (TPSA) is 125 Å². The Kier molecular flexibility index (Phi) is 6.33. The third kappa shape index (κ3) is 4.92. The van der Waals surface area contributed by atoms with Crippen molar-refractivity contribution in [1.29, 1.82) is 0 Å². The van der Waals surface area contributed by atoms with Gasteiger partial charge in [0.05, 0.1) is 19.1 Å². The number of hydrogen-bond acceptors (Lipinski definition) is 8. The molecule has 0 saturated heterocycles. The van der Waals surface area contributed by atoms with Crippen LogP contribution in [0.15, 0.2) is 56.7 Å². The van der Waals surface area contributed by atoms with Gasteiger partial charge in [-0.3, -0.25) is 9.59 Å². The second kappa shape index (κ2) is 9.09. The molecular weight excluding hydrogens is 384 g/mol. The quantitative estimate of drug-likeness (QED) is 0.541. The normalized spacial score (nSPS) is 10.6. The number of ether oxygens (including phenoxy) is 1. The van der Waals surface area contributed by atoms with Crippen molar-refractivity contribution in [3.8, 4) is 17.4 Å². The number of amides is 2. The Bertz CT molecular complexity index is 924. The summed E-state index contributed by atoms with van der Waals surface area (Å²) in [5.74, 6) is 0.683. The fourth-order valence-electron chi connectivity index (χ4n) is 2.35. The van der Waals surface area contributed by atoms with Crippen LogP contribution in [-0.2, 0) is 9.59 Å². The van der Waals surface area contributed by atoms with Gasteiger partial charge in [-0.15, -0.1) is 10.2 Å². The van der Waals surface area contributed by atoms with Crippen LogP contribution in [0, 0.1) is 0 Å². The second-order valence-corrected chi connectivity index (χ2v) is 6.53. The van der Waals surface area contributed by atoms with E-state index < -0.39 is 5.91 Å². The SMILES string of the molecule is COc1ccc(N(CCC(N)=O)C(=O)CSc2nnc(-c3ccco3)o2)cc1. The number of methoxy groups -OCH3 is 1. The van der Waals surface area contributed by atoms with Gasteiger partial charge >= 0.3 is 0 Å². The molecule has 0 aliphatic heterocycles. The van der Waals surface area contributed by atoms with Crippen molar-refractivity contribution in [1.82, 2.24) is 10.2 Å². The number of benzene rings is 1. The standard InChI is InChI=1S/C18H18N4O5S/c1-25-13-6-4-12(5-7-13)22(9-8-15(19)23)16(24)11-28-18-21-20-17(27-18)14-3-2-10-26-14/h2-7,10H,8-9,11H2,1H3,(H2,19,23). The van der Waals surface area contributed by atoms with Crippen LogP contribution >= 0.6 is 11.8 Å². The van der Waals surface area contributed by atoms with Gasteiger partial charge < -0.3 is 24.2 Å². The summed E-state index contributed by atoms with van der Waals surface area (Å²) in [5.41, 5.74) is 5.87. The number of carbonyl (C=O) groups is 2. The molecule has 0 atom stereocenters. The van der Waals surface area contributed by atoms with Crippen molar-refractivity contribution in [2.45, 2.75) is 11.6 Å². The fraction of sp³-hybridized carbons (Fsp3) is 0.222. The number of thioether (sulfide) groups is 1. The van der Waals surface area contributed by atoms with Crippen molar-refractivity contribution in [2.75, 3.05) is 24.3 Å². The molecule has 0 aliphatic carbocycles. The molecule has 3 aromatic rings. The summed E-state index contributed by atoms with van der Waals surface area (Å²) in [6, 6.07) is 10.4. The van der Waals surface area contributed by atoms with E-state index in [1.54, 1.807) is 43.5 Å². The minimum atomic E-state index is -0.487. The predicted molar refractivity (Wildman–Crippen MR) is 102 cm³/mol. The Balaban J connectivity index is 1.67. The zero-order valence-electron chi connectivity index (χ0n) is 15.0. The molecule has 0 saturated carbocycles. The lowest BCUT2D eigenvalue weighted by Crippen LogP contribution is -2.35. The monoisotopic (exact) mass is 402 g/mol. The van der Waals surface area contributed by atoms with Crippen LogP contribution in [0.5, 0.6) is 5.75 Å². The molecule has 0 radical (unpaired) electrons. The molecule has 0 aliphatic rings. The molecule has 0 fully saturated rings. The molecule has 0 unspecified atom stereocenters. The van der Waals surface area contributed by atoms with Gasteiger partial charge in [-0.05, 0) is 36.4 Å². The molecule has 10 heteroatoms. The van der Waals surface area contributed by atoms with Crippen LogP contribution in [0.4, 0.5) is 5.69 Å². The van der Waals surface area contributed by atoms with E-state index in [1.807, 2.05) is 0 Å². The maximum absolute atomic E-state index is 12.7. The third-order valence-corrected chi connectivity index (χ3v) is 4.53. The lowest BCUT2D eigenvalue weighted by molar-refractivity contribution is -0.118. The highest BCUT2D eigenvalue weighted by atomic mass is 32.2. The van der Waals surface area contributed by atoms with Crippen LogP contribution in [0.25, 0.3) is 11.7 Å². The van der Waals surface area contributed by atoms with Gasteiger partial charge in [0, 0.05) is 18.7 Å². The van der Waals surface area contributed by atoms with Crippen LogP contribution in [0.1, 0.15) is 6.42 Å². The molecule has 146 valence electrons. The summed E-state index contributed by atoms with van der Waals surface area (Å²) < 4.78 is 15.8. The van der Waals surface area contributed by atoms with Gasteiger partial charge in [0.25, 0.3) is 11.1 Å². The first kappa shape index (κ1) is 19.5. The molecule has 2 N–H and O–H groups in total. The second-order valence-electron chi connectivity index (χ2n) is 5.60. The number of primary amides is 1. The van der Waals surface area contributed by atoms with Crippen LogP contribution in [0.2, 0.25) is 0 Å². The number of furan rings is 1. The van der Waals surface area contributed by atoms with Gasteiger partial charge in [0.15, 0.2) is 5.76 Å². The van der Waals surface area contributed by atoms with E-state index in [0.29, 0.717) is 17.2 Å². The summed E-state index contributed by atoms with van der Waals surface area (Å²) in [5, 5.41) is 8.03. The molecular formula is C18H18N4O5S. The highest BCUT2D eigenvalue weighted by molar-refractivity contribution is 7.99. The van der Waals surface area contributed by atoms with Gasteiger partial charge in [-0.2, -0.15) is 0 Å². The zero-order valence-corrected chi connectivity index (χ0v) is 15.8. The van der Waals surface area contributed by atoms with E-state index in [0.717, 1.165) is 11.8 Å². The first-order chi connectivity index (χ1) is 13.6. The zero-order chi connectivity index (χ0) is 19.9. The van der Waals surface area contributed by atoms with Crippen LogP contribution in [0.3, 0.4) is 0 Å². The molecule has 2 amide bonds. The summed E-state index contributed by atoms with van der Waals surface area (Å²) in [7, 11) is 1.56. The van der Waals surface area contributed by atoms with E-state index >= 15 is 0 Å². The van der Waals surface area contributed by atoms with Crippen LogP contribution in [-0.4, -0.2) is 41.4 Å². The Morgan fingerprint density at radius 1 is 1.21 bits per heavy atom. The smallest absolute Gasteiger partial charge is 0.284 e. The first-order valence-electron chi connectivity index (χ1n) is 8.29. The summed E-state index contributed by atoms with van der Waals surface area (Å²) >= 11 is 1.10. The molecule has 1 aromatic carbocycles. The summed E-state index contributed by atoms with van der Waals surface area (Å²) in [6.45, 7) is 0.169. The number of rotatable bonds is 9. The van der Waals surface area contributed by atoms with Gasteiger partial charge in [0.2, 0.25) is 11.8 Å². The average Bonchev–Trinajstić information content (AvgIpc) is 3.38. The molecule has 2 aromatic heterocycles. The number of nitrogens with two attached hydrogens (primary N) is 1. The van der Waals surface area contributed by atoms with Crippen molar-refractivity contribution in [2.24, 2.45) is 5.73 Å². The minimum absolute atomic E-state index is 0.0462. The maximum Gasteiger partial charge on any atom is 0.284 e. The molecule has 0 spiro atoms. The average molecular weight is 402 g/mol. The summed E-state index contributed by atoms with van der Waals surface area (Å²) in [4.78, 5) is 25.4. The van der Waals surface area contributed by atoms with Gasteiger partial charge in [-0.25, -0.2) is 0 Å². The van der Waals surface area contributed by atoms with E-state index in [4.69, 9.17) is 19.3 Å². The summed E-state index contributed by atoms with van der Waals surface area (Å²) in [6.07, 6.45) is 1.55. The van der Waals surface area contributed by atoms with Crippen LogP contribution < -0.4 is 15.4 Å². The third-order valence-electron chi connectivity index (χ3n) is 3.72. The Labute approximate surface area is 164 Å². The highest BCUT2D eigenvalue weighted by Crippen LogP contribution is 2.25. The number of nitrogens with zero attached hydrogens (tertiary/aromatic N) is 3. The Morgan fingerprint density at radius 2 is 2.00 bits per heavy atom. The largest absolute Gasteiger partial charge is 0.497 e. The van der Waals surface area contributed by atoms with E-state index in [9.17, 15) is 9.59 Å². The number of hydrogen-bond donors (Lipinski definition) is 1. The highest BCUT2D eigenvalue weighted by Gasteiger charge is 2.19. The van der Waals surface area contributed by atoms with Crippen molar-refractivity contribution in [3.63, 3.8) is 0 Å². The maximum atomic E-state index is 12.7. The number of aromatic nitrogens is 2. The van der Waals surface area contributed by atoms with Crippen molar-refractivity contribution < 1.29 is 23.2 Å². The number of carbonyl (C=O) groups excluding carboxylic acids is 2. The lowest BCUT2D eigenvalue weighted by Gasteiger charge is -2.22. The lowest BCUT2D eigenvalue weighted by atomic mass is 10.2. The molecule has 9 nitrogen and oxygen atoms in total. The van der Waals surface area contributed by atoms with Crippen molar-refractivity contribution >= 4 is 29.3 Å². The molecule has 28 heavy (non-hydrogen) atoms. The van der Waals surface area contributed by atoms with E-state index in [2.05, 4.69) is 10.2 Å². The Hall–Kier alpha value is -3.27. The molecule has 3 rings (SSSR count). The van der Waals surface area contributed by atoms with Crippen molar-refractivity contribution in [3.05, 3.63) is 42.7 Å². The predicted octanol–water partition coefficient (Wildman–Crippen LogP) is 2.34. The van der Waals surface area contributed by atoms with E-state index in [1.165, 1.54) is 11.2 Å². The van der Waals surface area contributed by atoms with Gasteiger partial charge in [0.1, 0.15) is 5.75 Å². The first-order valence-corrected chi connectivity index (χ1v) is 9.28. The number of anilines is 1. The molecule has 0 bridgehead atoms. The minimum Gasteiger partial charge on any atom is -0.497 e.